The van der Waals surface area contributed by atoms with E-state index in [2.05, 4.69) is 9.97 Å². The van der Waals surface area contributed by atoms with Gasteiger partial charge in [-0.1, -0.05) is 0 Å². The molecule has 18 heavy (non-hydrogen) atoms. The zero-order valence-corrected chi connectivity index (χ0v) is 10.2. The van der Waals surface area contributed by atoms with Crippen molar-refractivity contribution >= 4 is 17.6 Å². The van der Waals surface area contributed by atoms with Crippen LogP contribution < -0.4 is 5.73 Å². The molecule has 2 rings (SSSR count). The van der Waals surface area contributed by atoms with Crippen molar-refractivity contribution in [1.82, 2.24) is 9.97 Å². The van der Waals surface area contributed by atoms with Crippen LogP contribution in [0.4, 0.5) is 4.39 Å². The van der Waals surface area contributed by atoms with E-state index >= 15 is 0 Å². The van der Waals surface area contributed by atoms with E-state index in [1.54, 1.807) is 18.3 Å². The van der Waals surface area contributed by atoms with Gasteiger partial charge in [0.2, 0.25) is 0 Å². The fourth-order valence-electron chi connectivity index (χ4n) is 1.41. The van der Waals surface area contributed by atoms with E-state index in [1.807, 2.05) is 0 Å². The van der Waals surface area contributed by atoms with Gasteiger partial charge in [-0.15, -0.1) is 11.8 Å². The molecule has 4 nitrogen and oxygen atoms in total. The second-order valence-electron chi connectivity index (χ2n) is 3.60. The van der Waals surface area contributed by atoms with Crippen molar-refractivity contribution in [3.63, 3.8) is 0 Å². The lowest BCUT2D eigenvalue weighted by atomic mass is 10.1. The summed E-state index contributed by atoms with van der Waals surface area (Å²) in [6, 6.07) is 6.18. The molecule has 0 unspecified atom stereocenters. The first-order chi connectivity index (χ1) is 8.65. The molecule has 1 aromatic carbocycles. The van der Waals surface area contributed by atoms with Crippen LogP contribution in [0.3, 0.4) is 0 Å². The Bertz CT molecular complexity index is 559. The van der Waals surface area contributed by atoms with Crippen LogP contribution in [0.2, 0.25) is 0 Å². The number of nitrogens with two attached hydrogens (primary N) is 1. The van der Waals surface area contributed by atoms with Crippen molar-refractivity contribution in [2.45, 2.75) is 10.8 Å². The molecule has 1 aromatic heterocycles. The van der Waals surface area contributed by atoms with Gasteiger partial charge in [0, 0.05) is 17.5 Å². The van der Waals surface area contributed by atoms with Crippen LogP contribution in [0.5, 0.6) is 0 Å². The number of nitrogen functional groups attached to an aromatic ring is 1. The summed E-state index contributed by atoms with van der Waals surface area (Å²) in [6.45, 7) is 0. The highest BCUT2D eigenvalue weighted by atomic mass is 32.2. The Hall–Kier alpha value is -1.95. The Labute approximate surface area is 108 Å². The molecule has 0 amide bonds. The minimum absolute atomic E-state index is 0.136. The average Bonchev–Trinajstić information content (AvgIpc) is 2.37. The molecule has 0 aliphatic heterocycles. The molecule has 0 saturated heterocycles. The number of aromatic nitrogens is 2. The van der Waals surface area contributed by atoms with Crippen molar-refractivity contribution in [3.05, 3.63) is 53.7 Å². The van der Waals surface area contributed by atoms with Crippen molar-refractivity contribution < 1.29 is 4.39 Å². The van der Waals surface area contributed by atoms with Gasteiger partial charge in [0.1, 0.15) is 18.0 Å². The van der Waals surface area contributed by atoms with Gasteiger partial charge >= 0.3 is 0 Å². The van der Waals surface area contributed by atoms with E-state index in [1.165, 1.54) is 30.2 Å². The molecule has 1 heterocycles. The summed E-state index contributed by atoms with van der Waals surface area (Å²) < 4.78 is 13.3. The third-order valence-electron chi connectivity index (χ3n) is 2.21. The summed E-state index contributed by atoms with van der Waals surface area (Å²) in [7, 11) is 0. The molecule has 0 aliphatic rings. The molecule has 92 valence electrons. The molecule has 0 radical (unpaired) electrons. The Kier molecular flexibility index (Phi) is 3.88. The third-order valence-corrected chi connectivity index (χ3v) is 3.23. The van der Waals surface area contributed by atoms with Gasteiger partial charge in [-0.3, -0.25) is 5.41 Å². The second-order valence-corrected chi connectivity index (χ2v) is 4.59. The minimum atomic E-state index is -0.388. The largest absolute Gasteiger partial charge is 0.384 e. The number of amidine groups is 1. The molecule has 0 bridgehead atoms. The van der Waals surface area contributed by atoms with Gasteiger partial charge in [0.05, 0.1) is 5.03 Å². The van der Waals surface area contributed by atoms with Crippen molar-refractivity contribution in [2.24, 2.45) is 5.73 Å². The van der Waals surface area contributed by atoms with Gasteiger partial charge in [0.25, 0.3) is 0 Å². The zero-order valence-electron chi connectivity index (χ0n) is 9.43. The highest BCUT2D eigenvalue weighted by Gasteiger charge is 2.04. The lowest BCUT2D eigenvalue weighted by Crippen LogP contribution is -2.11. The number of benzene rings is 1. The smallest absolute Gasteiger partial charge is 0.124 e. The van der Waals surface area contributed by atoms with E-state index < -0.39 is 0 Å². The highest BCUT2D eigenvalue weighted by molar-refractivity contribution is 7.98. The van der Waals surface area contributed by atoms with Crippen LogP contribution in [0, 0.1) is 11.2 Å². The van der Waals surface area contributed by atoms with Gasteiger partial charge in [-0.2, -0.15) is 0 Å². The zero-order chi connectivity index (χ0) is 13.0. The molecule has 0 saturated carbocycles. The topological polar surface area (TPSA) is 75.7 Å². The summed E-state index contributed by atoms with van der Waals surface area (Å²) in [5, 5.41) is 8.13. The first-order valence-corrected chi connectivity index (χ1v) is 6.16. The van der Waals surface area contributed by atoms with Crippen molar-refractivity contribution in [3.8, 4) is 0 Å². The number of halogens is 1. The molecule has 3 N–H and O–H groups in total. The van der Waals surface area contributed by atoms with Crippen molar-refractivity contribution in [1.29, 1.82) is 5.41 Å². The summed E-state index contributed by atoms with van der Waals surface area (Å²) >= 11 is 1.47. The molecule has 2 aromatic rings. The normalized spacial score (nSPS) is 10.3. The van der Waals surface area contributed by atoms with Crippen LogP contribution >= 0.6 is 11.8 Å². The van der Waals surface area contributed by atoms with E-state index in [0.29, 0.717) is 11.3 Å². The number of hydrogen-bond acceptors (Lipinski definition) is 4. The summed E-state index contributed by atoms with van der Waals surface area (Å²) in [5.41, 5.74) is 6.51. The molecule has 6 heteroatoms. The Morgan fingerprint density at radius 3 is 2.89 bits per heavy atom. The predicted octanol–water partition coefficient (Wildman–Crippen LogP) is 2.19. The fourth-order valence-corrected chi connectivity index (χ4v) is 2.17. The third kappa shape index (κ3) is 3.27. The van der Waals surface area contributed by atoms with E-state index in [-0.39, 0.29) is 11.7 Å². The molecular formula is C12H11FN4S. The second kappa shape index (κ2) is 5.59. The van der Waals surface area contributed by atoms with E-state index in [9.17, 15) is 4.39 Å². The van der Waals surface area contributed by atoms with Crippen LogP contribution in [-0.4, -0.2) is 15.8 Å². The lowest BCUT2D eigenvalue weighted by Gasteiger charge is -2.04. The summed E-state index contributed by atoms with van der Waals surface area (Å²) in [6.07, 6.45) is 3.12. The van der Waals surface area contributed by atoms with E-state index in [0.717, 1.165) is 10.6 Å². The van der Waals surface area contributed by atoms with E-state index in [4.69, 9.17) is 11.1 Å². The van der Waals surface area contributed by atoms with Gasteiger partial charge < -0.3 is 5.73 Å². The van der Waals surface area contributed by atoms with Gasteiger partial charge in [-0.05, 0) is 29.8 Å². The van der Waals surface area contributed by atoms with Gasteiger partial charge in [-0.25, -0.2) is 14.4 Å². The molecule has 0 aliphatic carbocycles. The monoisotopic (exact) mass is 262 g/mol. The lowest BCUT2D eigenvalue weighted by molar-refractivity contribution is 0.626. The molecule has 0 spiro atoms. The summed E-state index contributed by atoms with van der Waals surface area (Å²) in [4.78, 5) is 7.89. The fraction of sp³-hybridized carbons (Fsp3) is 0.0833. The predicted molar refractivity (Wildman–Crippen MR) is 69.0 cm³/mol. The SMILES string of the molecule is N=C(N)c1cc(F)cc(CSc2ccncn2)c1. The number of rotatable bonds is 4. The molecular weight excluding hydrogens is 251 g/mol. The standard InChI is InChI=1S/C12H11FN4S/c13-10-4-8(3-9(5-10)12(14)15)6-18-11-1-2-16-7-17-11/h1-5,7H,6H2,(H3,14,15). The van der Waals surface area contributed by atoms with Crippen LogP contribution in [-0.2, 0) is 5.75 Å². The maximum absolute atomic E-state index is 13.3. The Balaban J connectivity index is 2.12. The maximum Gasteiger partial charge on any atom is 0.124 e. The Morgan fingerprint density at radius 2 is 2.22 bits per heavy atom. The van der Waals surface area contributed by atoms with Crippen molar-refractivity contribution in [2.75, 3.05) is 0 Å². The number of thioether (sulfide) groups is 1. The van der Waals surface area contributed by atoms with Gasteiger partial charge in [0.15, 0.2) is 0 Å². The average molecular weight is 262 g/mol. The number of nitrogens with one attached hydrogen (secondary N) is 1. The summed E-state index contributed by atoms with van der Waals surface area (Å²) in [5.74, 6) is 0.0403. The van der Waals surface area contributed by atoms with Crippen LogP contribution in [0.1, 0.15) is 11.1 Å². The van der Waals surface area contributed by atoms with Crippen LogP contribution in [0.25, 0.3) is 0 Å². The Morgan fingerprint density at radius 1 is 1.39 bits per heavy atom. The molecule has 0 fully saturated rings. The molecule has 0 atom stereocenters. The highest BCUT2D eigenvalue weighted by Crippen LogP contribution is 2.21. The number of nitrogens with zero attached hydrogens (tertiary/aromatic N) is 2. The number of hydrogen-bond donors (Lipinski definition) is 2. The first-order valence-electron chi connectivity index (χ1n) is 5.18. The first kappa shape index (κ1) is 12.5. The maximum atomic E-state index is 13.3. The van der Waals surface area contributed by atoms with Crippen LogP contribution in [0.15, 0.2) is 41.8 Å². The quantitative estimate of drug-likeness (QED) is 0.383. The minimum Gasteiger partial charge on any atom is -0.384 e.